The van der Waals surface area contributed by atoms with E-state index in [1.807, 2.05) is 4.90 Å². The number of nitrogens with zero attached hydrogens (tertiary/aromatic N) is 3. The first-order chi connectivity index (χ1) is 13.1. The molecule has 2 aromatic carbocycles. The highest BCUT2D eigenvalue weighted by Gasteiger charge is 2.18. The molecular weight excluding hydrogens is 347 g/mol. The fourth-order valence-corrected chi connectivity index (χ4v) is 3.29. The van der Waals surface area contributed by atoms with Gasteiger partial charge in [-0.2, -0.15) is 5.11 Å². The van der Waals surface area contributed by atoms with Crippen LogP contribution in [0.25, 0.3) is 10.9 Å². The smallest absolute Gasteiger partial charge is 0.253 e. The molecule has 138 valence electrons. The van der Waals surface area contributed by atoms with Gasteiger partial charge in [-0.3, -0.25) is 4.79 Å². The fraction of sp³-hybridized carbons (Fsp3) is 0.250. The number of rotatable bonds is 3. The molecule has 1 aliphatic rings. The van der Waals surface area contributed by atoms with Crippen LogP contribution in [0.5, 0.6) is 5.88 Å². The van der Waals surface area contributed by atoms with Crippen LogP contribution in [0, 0.1) is 5.82 Å². The SMILES string of the molecule is O=C(c1ccc(N=Nc2c(O)[nH]c3ccc(F)cc23)cc1)N1CCCCC1. The summed E-state index contributed by atoms with van der Waals surface area (Å²) in [7, 11) is 0. The van der Waals surface area contributed by atoms with Gasteiger partial charge in [0.05, 0.1) is 11.2 Å². The summed E-state index contributed by atoms with van der Waals surface area (Å²) in [6.07, 6.45) is 3.27. The summed E-state index contributed by atoms with van der Waals surface area (Å²) >= 11 is 0. The molecule has 1 aliphatic heterocycles. The molecule has 0 unspecified atom stereocenters. The van der Waals surface area contributed by atoms with E-state index in [0.717, 1.165) is 25.9 Å². The monoisotopic (exact) mass is 366 g/mol. The summed E-state index contributed by atoms with van der Waals surface area (Å²) in [5.41, 5.74) is 1.91. The zero-order valence-electron chi connectivity index (χ0n) is 14.7. The van der Waals surface area contributed by atoms with E-state index in [1.165, 1.54) is 24.6 Å². The number of nitrogens with one attached hydrogen (secondary N) is 1. The van der Waals surface area contributed by atoms with Crippen LogP contribution in [0.3, 0.4) is 0 Å². The van der Waals surface area contributed by atoms with Crippen LogP contribution in [0.1, 0.15) is 29.6 Å². The molecule has 0 aliphatic carbocycles. The van der Waals surface area contributed by atoms with Crippen molar-refractivity contribution in [1.82, 2.24) is 9.88 Å². The molecule has 0 bridgehead atoms. The van der Waals surface area contributed by atoms with Gasteiger partial charge < -0.3 is 15.0 Å². The van der Waals surface area contributed by atoms with Crippen LogP contribution in [-0.2, 0) is 0 Å². The van der Waals surface area contributed by atoms with Crippen molar-refractivity contribution in [2.45, 2.75) is 19.3 Å². The molecular formula is C20H19FN4O2. The summed E-state index contributed by atoms with van der Waals surface area (Å²) in [6.45, 7) is 1.60. The Bertz CT molecular complexity index is 1000. The van der Waals surface area contributed by atoms with Crippen LogP contribution in [0.2, 0.25) is 0 Å². The van der Waals surface area contributed by atoms with Crippen LogP contribution < -0.4 is 0 Å². The molecule has 1 aromatic heterocycles. The number of H-pyrrole nitrogens is 1. The molecule has 6 nitrogen and oxygen atoms in total. The number of azo groups is 1. The van der Waals surface area contributed by atoms with E-state index in [9.17, 15) is 14.3 Å². The second-order valence-electron chi connectivity index (χ2n) is 6.61. The maximum atomic E-state index is 13.5. The number of aromatic hydroxyl groups is 1. The van der Waals surface area contributed by atoms with Crippen molar-refractivity contribution in [3.63, 3.8) is 0 Å². The third-order valence-electron chi connectivity index (χ3n) is 4.74. The van der Waals surface area contributed by atoms with E-state index in [4.69, 9.17) is 0 Å². The Kier molecular flexibility index (Phi) is 4.58. The van der Waals surface area contributed by atoms with E-state index in [1.54, 1.807) is 24.3 Å². The molecule has 4 rings (SSSR count). The minimum absolute atomic E-state index is 0.0305. The minimum atomic E-state index is -0.418. The lowest BCUT2D eigenvalue weighted by Crippen LogP contribution is -2.35. The van der Waals surface area contributed by atoms with E-state index in [0.29, 0.717) is 22.2 Å². The second-order valence-corrected chi connectivity index (χ2v) is 6.61. The van der Waals surface area contributed by atoms with Crippen LogP contribution in [0.15, 0.2) is 52.7 Å². The third kappa shape index (κ3) is 3.53. The van der Waals surface area contributed by atoms with Gasteiger partial charge in [0, 0.05) is 24.0 Å². The Morgan fingerprint density at radius 3 is 2.52 bits per heavy atom. The molecule has 0 saturated carbocycles. The molecule has 0 atom stereocenters. The maximum absolute atomic E-state index is 13.5. The first kappa shape index (κ1) is 17.2. The number of aromatic amines is 1. The molecule has 0 spiro atoms. The van der Waals surface area contributed by atoms with Crippen molar-refractivity contribution in [2.24, 2.45) is 10.2 Å². The number of aromatic nitrogens is 1. The third-order valence-corrected chi connectivity index (χ3v) is 4.74. The number of benzene rings is 2. The average molecular weight is 366 g/mol. The quantitative estimate of drug-likeness (QED) is 0.636. The zero-order chi connectivity index (χ0) is 18.8. The van der Waals surface area contributed by atoms with Crippen LogP contribution >= 0.6 is 0 Å². The van der Waals surface area contributed by atoms with Gasteiger partial charge in [-0.1, -0.05) is 0 Å². The number of likely N-dealkylation sites (tertiary alicyclic amines) is 1. The summed E-state index contributed by atoms with van der Waals surface area (Å²) in [5.74, 6) is -0.558. The van der Waals surface area contributed by atoms with E-state index >= 15 is 0 Å². The van der Waals surface area contributed by atoms with E-state index in [-0.39, 0.29) is 17.5 Å². The molecule has 1 saturated heterocycles. The average Bonchev–Trinajstić information content (AvgIpc) is 3.01. The van der Waals surface area contributed by atoms with Gasteiger partial charge in [-0.15, -0.1) is 5.11 Å². The summed E-state index contributed by atoms with van der Waals surface area (Å²) in [6, 6.07) is 11.0. The first-order valence-corrected chi connectivity index (χ1v) is 8.93. The van der Waals surface area contributed by atoms with Gasteiger partial charge in [0.2, 0.25) is 5.88 Å². The first-order valence-electron chi connectivity index (χ1n) is 8.93. The van der Waals surface area contributed by atoms with Crippen LogP contribution in [-0.4, -0.2) is 34.0 Å². The van der Waals surface area contributed by atoms with Gasteiger partial charge in [0.15, 0.2) is 5.69 Å². The summed E-state index contributed by atoms with van der Waals surface area (Å²) < 4.78 is 13.5. The van der Waals surface area contributed by atoms with Crippen molar-refractivity contribution in [3.8, 4) is 5.88 Å². The Balaban J connectivity index is 1.54. The number of fused-ring (bicyclic) bond motifs is 1. The highest BCUT2D eigenvalue weighted by Crippen LogP contribution is 2.36. The fourth-order valence-electron chi connectivity index (χ4n) is 3.29. The highest BCUT2D eigenvalue weighted by atomic mass is 19.1. The number of carbonyl (C=O) groups is 1. The highest BCUT2D eigenvalue weighted by molar-refractivity contribution is 5.95. The molecule has 7 heteroatoms. The number of hydrogen-bond acceptors (Lipinski definition) is 4. The van der Waals surface area contributed by atoms with Gasteiger partial charge in [-0.05, 0) is 61.7 Å². The predicted octanol–water partition coefficient (Wildman–Crippen LogP) is 5.05. The number of piperidine rings is 1. The van der Waals surface area contributed by atoms with Crippen molar-refractivity contribution < 1.29 is 14.3 Å². The predicted molar refractivity (Wildman–Crippen MR) is 100 cm³/mol. The topological polar surface area (TPSA) is 81.0 Å². The van der Waals surface area contributed by atoms with Crippen molar-refractivity contribution in [1.29, 1.82) is 0 Å². The Labute approximate surface area is 155 Å². The maximum Gasteiger partial charge on any atom is 0.253 e. The van der Waals surface area contributed by atoms with Crippen LogP contribution in [0.4, 0.5) is 15.8 Å². The lowest BCUT2D eigenvalue weighted by Gasteiger charge is -2.26. The number of amides is 1. The molecule has 2 N–H and O–H groups in total. The van der Waals surface area contributed by atoms with Gasteiger partial charge in [0.1, 0.15) is 5.82 Å². The largest absolute Gasteiger partial charge is 0.493 e. The molecule has 27 heavy (non-hydrogen) atoms. The summed E-state index contributed by atoms with van der Waals surface area (Å²) in [5, 5.41) is 18.6. The van der Waals surface area contributed by atoms with Gasteiger partial charge >= 0.3 is 0 Å². The minimum Gasteiger partial charge on any atom is -0.493 e. The molecule has 3 aromatic rings. The summed E-state index contributed by atoms with van der Waals surface area (Å²) in [4.78, 5) is 17.1. The lowest BCUT2D eigenvalue weighted by molar-refractivity contribution is 0.0724. The number of hydrogen-bond donors (Lipinski definition) is 2. The number of halogens is 1. The standard InChI is InChI=1S/C20H19FN4O2/c21-14-6-9-17-16(12-14)18(19(26)22-17)24-23-15-7-4-13(5-8-15)20(27)25-10-2-1-3-11-25/h4-9,12,22,26H,1-3,10-11H2. The normalized spacial score (nSPS) is 14.9. The molecule has 0 radical (unpaired) electrons. The van der Waals surface area contributed by atoms with Gasteiger partial charge in [0.25, 0.3) is 5.91 Å². The van der Waals surface area contributed by atoms with Gasteiger partial charge in [-0.25, -0.2) is 4.39 Å². The van der Waals surface area contributed by atoms with Crippen molar-refractivity contribution in [3.05, 3.63) is 53.8 Å². The molecule has 1 amide bonds. The van der Waals surface area contributed by atoms with E-state index in [2.05, 4.69) is 15.2 Å². The Morgan fingerprint density at radius 1 is 1.04 bits per heavy atom. The van der Waals surface area contributed by atoms with Crippen molar-refractivity contribution in [2.75, 3.05) is 13.1 Å². The zero-order valence-corrected chi connectivity index (χ0v) is 14.7. The van der Waals surface area contributed by atoms with E-state index < -0.39 is 5.82 Å². The Morgan fingerprint density at radius 2 is 1.78 bits per heavy atom. The second kappa shape index (κ2) is 7.19. The van der Waals surface area contributed by atoms with Crippen molar-refractivity contribution >= 4 is 28.2 Å². The Hall–Kier alpha value is -3.22. The number of carbonyl (C=O) groups excluding carboxylic acids is 1. The molecule has 1 fully saturated rings. The lowest BCUT2D eigenvalue weighted by atomic mass is 10.1. The molecule has 2 heterocycles.